The Balaban J connectivity index is 2.30. The summed E-state index contributed by atoms with van der Waals surface area (Å²) in [5, 5.41) is 22.0. The molecular weight excluding hydrogens is 192 g/mol. The predicted octanol–water partition coefficient (Wildman–Crippen LogP) is 0.774. The van der Waals surface area contributed by atoms with E-state index in [1.807, 2.05) is 6.08 Å². The Labute approximate surface area is 88.8 Å². The van der Waals surface area contributed by atoms with Crippen molar-refractivity contribution in [1.29, 1.82) is 0 Å². The third kappa shape index (κ3) is 1.92. The molecule has 0 saturated heterocycles. The summed E-state index contributed by atoms with van der Waals surface area (Å²) in [6.45, 7) is 4.29. The Hall–Kier alpha value is -1.23. The van der Waals surface area contributed by atoms with Gasteiger partial charge in [-0.25, -0.2) is 0 Å². The zero-order chi connectivity index (χ0) is 11.1. The van der Waals surface area contributed by atoms with Crippen LogP contribution in [-0.4, -0.2) is 25.3 Å². The number of tetrazole rings is 1. The largest absolute Gasteiger partial charge is 0.378 e. The molecule has 0 aromatic carbocycles. The van der Waals surface area contributed by atoms with Gasteiger partial charge in [-0.2, -0.15) is 4.80 Å². The van der Waals surface area contributed by atoms with Crippen molar-refractivity contribution in [2.75, 3.05) is 0 Å². The summed E-state index contributed by atoms with van der Waals surface area (Å²) in [5.74, 6) is 0.386. The van der Waals surface area contributed by atoms with E-state index < -0.39 is 5.60 Å². The molecule has 1 aliphatic rings. The smallest absolute Gasteiger partial charge is 0.210 e. The summed E-state index contributed by atoms with van der Waals surface area (Å²) in [6.07, 6.45) is 5.36. The van der Waals surface area contributed by atoms with Crippen molar-refractivity contribution in [2.45, 2.75) is 32.3 Å². The van der Waals surface area contributed by atoms with Crippen LogP contribution in [0.1, 0.15) is 32.5 Å². The lowest BCUT2D eigenvalue weighted by Crippen LogP contribution is -2.31. The first-order valence-corrected chi connectivity index (χ1v) is 5.09. The molecule has 5 nitrogen and oxygen atoms in total. The average Bonchev–Trinajstić information content (AvgIpc) is 2.59. The van der Waals surface area contributed by atoms with Gasteiger partial charge in [0.2, 0.25) is 5.82 Å². The number of nitrogens with zero attached hydrogens (tertiary/aromatic N) is 4. The molecule has 0 aliphatic heterocycles. The van der Waals surface area contributed by atoms with Crippen molar-refractivity contribution in [3.63, 3.8) is 0 Å². The Morgan fingerprint density at radius 1 is 1.33 bits per heavy atom. The topological polar surface area (TPSA) is 63.8 Å². The molecule has 1 aliphatic carbocycles. The van der Waals surface area contributed by atoms with Gasteiger partial charge in [-0.1, -0.05) is 19.9 Å². The van der Waals surface area contributed by atoms with Crippen molar-refractivity contribution < 1.29 is 5.11 Å². The van der Waals surface area contributed by atoms with E-state index in [-0.39, 0.29) is 5.41 Å². The molecule has 0 bridgehead atoms. The van der Waals surface area contributed by atoms with Crippen LogP contribution in [0, 0.1) is 5.41 Å². The third-order valence-corrected chi connectivity index (χ3v) is 2.86. The summed E-state index contributed by atoms with van der Waals surface area (Å²) >= 11 is 0. The maximum Gasteiger partial charge on any atom is 0.210 e. The van der Waals surface area contributed by atoms with Gasteiger partial charge in [0.15, 0.2) is 0 Å². The van der Waals surface area contributed by atoms with Crippen LogP contribution in [0.25, 0.3) is 0 Å². The minimum absolute atomic E-state index is 0.147. The predicted molar refractivity (Wildman–Crippen MR) is 54.8 cm³/mol. The van der Waals surface area contributed by atoms with Crippen molar-refractivity contribution in [3.8, 4) is 0 Å². The lowest BCUT2D eigenvalue weighted by atomic mass is 9.76. The number of allylic oxidation sites excluding steroid dienone is 1. The van der Waals surface area contributed by atoms with E-state index in [0.717, 1.165) is 6.42 Å². The van der Waals surface area contributed by atoms with Gasteiger partial charge in [0.1, 0.15) is 5.60 Å². The fraction of sp³-hybridized carbons (Fsp3) is 0.700. The molecule has 1 unspecified atom stereocenters. The Morgan fingerprint density at radius 3 is 2.53 bits per heavy atom. The van der Waals surface area contributed by atoms with Crippen LogP contribution in [-0.2, 0) is 12.6 Å². The molecule has 82 valence electrons. The highest BCUT2D eigenvalue weighted by Crippen LogP contribution is 2.38. The fourth-order valence-electron chi connectivity index (χ4n) is 1.69. The maximum absolute atomic E-state index is 10.3. The molecular formula is C10H16N4O. The van der Waals surface area contributed by atoms with Crippen molar-refractivity contribution in [2.24, 2.45) is 12.5 Å². The number of hydrogen-bond donors (Lipinski definition) is 1. The van der Waals surface area contributed by atoms with Crippen LogP contribution < -0.4 is 0 Å². The highest BCUT2D eigenvalue weighted by Gasteiger charge is 2.36. The molecule has 1 aromatic heterocycles. The van der Waals surface area contributed by atoms with Crippen LogP contribution in [0.4, 0.5) is 0 Å². The highest BCUT2D eigenvalue weighted by atomic mass is 16.3. The van der Waals surface area contributed by atoms with E-state index in [1.54, 1.807) is 13.1 Å². The van der Waals surface area contributed by atoms with Gasteiger partial charge in [-0.15, -0.1) is 10.2 Å². The molecule has 0 saturated carbocycles. The SMILES string of the molecule is Cn1nnc(C2(O)C=CC(C)(C)CC2)n1. The van der Waals surface area contributed by atoms with Gasteiger partial charge in [-0.3, -0.25) is 0 Å². The summed E-state index contributed by atoms with van der Waals surface area (Å²) in [6, 6.07) is 0. The molecule has 1 atom stereocenters. The number of aliphatic hydroxyl groups is 1. The first kappa shape index (κ1) is 10.3. The molecule has 1 N–H and O–H groups in total. The second-order valence-electron chi connectivity index (χ2n) is 4.85. The minimum atomic E-state index is -1.04. The van der Waals surface area contributed by atoms with E-state index in [0.29, 0.717) is 12.2 Å². The summed E-state index contributed by atoms with van der Waals surface area (Å²) in [4.78, 5) is 1.36. The fourth-order valence-corrected chi connectivity index (χ4v) is 1.69. The quantitative estimate of drug-likeness (QED) is 0.692. The standard InChI is InChI=1S/C10H16N4O/c1-9(2)4-6-10(15,7-5-9)8-11-13-14(3)12-8/h4,6,15H,5,7H2,1-3H3. The molecule has 0 spiro atoms. The van der Waals surface area contributed by atoms with Gasteiger partial charge >= 0.3 is 0 Å². The zero-order valence-corrected chi connectivity index (χ0v) is 9.30. The average molecular weight is 208 g/mol. The number of aryl methyl sites for hydroxylation is 1. The summed E-state index contributed by atoms with van der Waals surface area (Å²) < 4.78 is 0. The van der Waals surface area contributed by atoms with Crippen molar-refractivity contribution in [3.05, 3.63) is 18.0 Å². The maximum atomic E-state index is 10.3. The van der Waals surface area contributed by atoms with Gasteiger partial charge in [-0.05, 0) is 29.5 Å². The second kappa shape index (κ2) is 3.13. The van der Waals surface area contributed by atoms with Gasteiger partial charge in [0, 0.05) is 0 Å². The molecule has 0 amide bonds. The van der Waals surface area contributed by atoms with E-state index in [9.17, 15) is 5.11 Å². The zero-order valence-electron chi connectivity index (χ0n) is 9.30. The van der Waals surface area contributed by atoms with Crippen LogP contribution in [0.15, 0.2) is 12.2 Å². The van der Waals surface area contributed by atoms with Gasteiger partial charge < -0.3 is 5.11 Å². The molecule has 1 heterocycles. The van der Waals surface area contributed by atoms with Crippen molar-refractivity contribution in [1.82, 2.24) is 20.2 Å². The lowest BCUT2D eigenvalue weighted by Gasteiger charge is -2.32. The van der Waals surface area contributed by atoms with Crippen molar-refractivity contribution >= 4 is 0 Å². The first-order valence-electron chi connectivity index (χ1n) is 5.09. The van der Waals surface area contributed by atoms with Crippen LogP contribution in [0.3, 0.4) is 0 Å². The van der Waals surface area contributed by atoms with E-state index in [1.165, 1.54) is 4.80 Å². The Kier molecular flexibility index (Phi) is 2.15. The Bertz CT molecular complexity index is 396. The molecule has 0 radical (unpaired) electrons. The third-order valence-electron chi connectivity index (χ3n) is 2.86. The van der Waals surface area contributed by atoms with E-state index in [2.05, 4.69) is 29.3 Å². The molecule has 0 fully saturated rings. The number of hydrogen-bond acceptors (Lipinski definition) is 4. The number of aromatic nitrogens is 4. The second-order valence-corrected chi connectivity index (χ2v) is 4.85. The van der Waals surface area contributed by atoms with E-state index in [4.69, 9.17) is 0 Å². The van der Waals surface area contributed by atoms with Crippen LogP contribution in [0.5, 0.6) is 0 Å². The molecule has 1 aromatic rings. The van der Waals surface area contributed by atoms with Crippen LogP contribution >= 0.6 is 0 Å². The summed E-state index contributed by atoms with van der Waals surface area (Å²) in [5.41, 5.74) is -0.891. The van der Waals surface area contributed by atoms with E-state index >= 15 is 0 Å². The highest BCUT2D eigenvalue weighted by molar-refractivity contribution is 5.17. The monoisotopic (exact) mass is 208 g/mol. The normalized spacial score (nSPS) is 29.3. The first-order chi connectivity index (χ1) is 6.91. The molecule has 5 heteroatoms. The van der Waals surface area contributed by atoms with Gasteiger partial charge in [0.05, 0.1) is 7.05 Å². The number of rotatable bonds is 1. The van der Waals surface area contributed by atoms with Crippen LogP contribution in [0.2, 0.25) is 0 Å². The molecule has 15 heavy (non-hydrogen) atoms. The molecule has 2 rings (SSSR count). The Morgan fingerprint density at radius 2 is 2.07 bits per heavy atom. The van der Waals surface area contributed by atoms with Gasteiger partial charge in [0.25, 0.3) is 0 Å². The summed E-state index contributed by atoms with van der Waals surface area (Å²) in [7, 11) is 1.69. The lowest BCUT2D eigenvalue weighted by molar-refractivity contribution is 0.0491. The minimum Gasteiger partial charge on any atom is -0.378 e.